The first-order chi connectivity index (χ1) is 10.1. The van der Waals surface area contributed by atoms with Gasteiger partial charge in [-0.05, 0) is 32.4 Å². The van der Waals surface area contributed by atoms with Gasteiger partial charge in [-0.3, -0.25) is 4.79 Å². The zero-order valence-electron chi connectivity index (χ0n) is 13.6. The quantitative estimate of drug-likeness (QED) is 0.735. The number of carbonyl (C=O) groups excluding carboxylic acids is 1. The van der Waals surface area contributed by atoms with Crippen LogP contribution in [0, 0.1) is 0 Å². The molecule has 0 aliphatic heterocycles. The molecule has 0 saturated heterocycles. The Balaban J connectivity index is 2.61. The number of rotatable bonds is 9. The maximum Gasteiger partial charge on any atom is 0.258 e. The minimum atomic E-state index is -0.0605. The van der Waals surface area contributed by atoms with Crippen molar-refractivity contribution < 1.29 is 9.53 Å². The van der Waals surface area contributed by atoms with Crippen LogP contribution in [0.3, 0.4) is 0 Å². The summed E-state index contributed by atoms with van der Waals surface area (Å²) >= 11 is 0. The number of carbonyl (C=O) groups is 1. The van der Waals surface area contributed by atoms with Crippen LogP contribution in [0.15, 0.2) is 24.3 Å². The fourth-order valence-corrected chi connectivity index (χ4v) is 2.29. The zero-order valence-corrected chi connectivity index (χ0v) is 13.6. The predicted octanol–water partition coefficient (Wildman–Crippen LogP) is 3.04. The van der Waals surface area contributed by atoms with Gasteiger partial charge in [0.25, 0.3) is 5.91 Å². The van der Waals surface area contributed by atoms with E-state index >= 15 is 0 Å². The van der Waals surface area contributed by atoms with E-state index in [1.807, 2.05) is 24.3 Å². The standard InChI is InChI=1S/C17H28N2O2/c1-5-14(6-2)19-17(20)12-21-16-11-9-8-10-15(16)13(4)18-7-3/h8-11,13-14,18H,5-7,12H2,1-4H3,(H,19,20). The third-order valence-electron chi connectivity index (χ3n) is 3.61. The highest BCUT2D eigenvalue weighted by atomic mass is 16.5. The summed E-state index contributed by atoms with van der Waals surface area (Å²) in [5.74, 6) is 0.709. The average molecular weight is 292 g/mol. The molecule has 0 aliphatic rings. The molecule has 1 aromatic carbocycles. The molecule has 1 rings (SSSR count). The first kappa shape index (κ1) is 17.5. The molecule has 118 valence electrons. The lowest BCUT2D eigenvalue weighted by Gasteiger charge is -2.18. The molecule has 4 nitrogen and oxygen atoms in total. The van der Waals surface area contributed by atoms with Crippen molar-refractivity contribution in [1.82, 2.24) is 10.6 Å². The third-order valence-corrected chi connectivity index (χ3v) is 3.61. The number of nitrogens with one attached hydrogen (secondary N) is 2. The van der Waals surface area contributed by atoms with E-state index in [0.717, 1.165) is 30.7 Å². The van der Waals surface area contributed by atoms with Gasteiger partial charge < -0.3 is 15.4 Å². The number of hydrogen-bond acceptors (Lipinski definition) is 3. The predicted molar refractivity (Wildman–Crippen MR) is 86.5 cm³/mol. The topological polar surface area (TPSA) is 50.4 Å². The van der Waals surface area contributed by atoms with Crippen LogP contribution in [-0.4, -0.2) is 25.1 Å². The Hall–Kier alpha value is -1.55. The maximum atomic E-state index is 11.9. The Bertz CT molecular complexity index is 431. The molecule has 0 radical (unpaired) electrons. The summed E-state index contributed by atoms with van der Waals surface area (Å²) in [7, 11) is 0. The van der Waals surface area contributed by atoms with Gasteiger partial charge in [0.05, 0.1) is 0 Å². The van der Waals surface area contributed by atoms with Crippen molar-refractivity contribution in [3.8, 4) is 5.75 Å². The summed E-state index contributed by atoms with van der Waals surface area (Å²) < 4.78 is 5.70. The molecule has 2 N–H and O–H groups in total. The highest BCUT2D eigenvalue weighted by molar-refractivity contribution is 5.77. The van der Waals surface area contributed by atoms with Crippen molar-refractivity contribution in [3.05, 3.63) is 29.8 Å². The second kappa shape index (κ2) is 9.40. The molecular weight excluding hydrogens is 264 g/mol. The van der Waals surface area contributed by atoms with Crippen LogP contribution in [0.1, 0.15) is 52.1 Å². The summed E-state index contributed by atoms with van der Waals surface area (Å²) in [5.41, 5.74) is 1.08. The van der Waals surface area contributed by atoms with E-state index in [9.17, 15) is 4.79 Å². The summed E-state index contributed by atoms with van der Waals surface area (Å²) in [4.78, 5) is 11.9. The molecule has 0 aliphatic carbocycles. The van der Waals surface area contributed by atoms with Crippen molar-refractivity contribution in [2.24, 2.45) is 0 Å². The fraction of sp³-hybridized carbons (Fsp3) is 0.588. The first-order valence-electron chi connectivity index (χ1n) is 7.86. The van der Waals surface area contributed by atoms with E-state index in [1.54, 1.807) is 0 Å². The number of ether oxygens (including phenoxy) is 1. The molecule has 0 heterocycles. The van der Waals surface area contributed by atoms with Crippen molar-refractivity contribution in [1.29, 1.82) is 0 Å². The van der Waals surface area contributed by atoms with Gasteiger partial charge in [-0.1, -0.05) is 39.0 Å². The monoisotopic (exact) mass is 292 g/mol. The second-order valence-electron chi connectivity index (χ2n) is 5.19. The molecule has 1 unspecified atom stereocenters. The lowest BCUT2D eigenvalue weighted by Crippen LogP contribution is -2.37. The SMILES string of the molecule is CCNC(C)c1ccccc1OCC(=O)NC(CC)CC. The van der Waals surface area contributed by atoms with Gasteiger partial charge >= 0.3 is 0 Å². The van der Waals surface area contributed by atoms with Gasteiger partial charge in [0, 0.05) is 17.6 Å². The van der Waals surface area contributed by atoms with Crippen LogP contribution in [0.4, 0.5) is 0 Å². The number of benzene rings is 1. The van der Waals surface area contributed by atoms with Gasteiger partial charge in [0.15, 0.2) is 6.61 Å². The highest BCUT2D eigenvalue weighted by Gasteiger charge is 2.13. The van der Waals surface area contributed by atoms with Crippen LogP contribution in [0.5, 0.6) is 5.75 Å². The zero-order chi connectivity index (χ0) is 15.7. The van der Waals surface area contributed by atoms with Crippen molar-refractivity contribution in [3.63, 3.8) is 0 Å². The van der Waals surface area contributed by atoms with Crippen LogP contribution in [-0.2, 0) is 4.79 Å². The van der Waals surface area contributed by atoms with E-state index < -0.39 is 0 Å². The van der Waals surface area contributed by atoms with Crippen LogP contribution in [0.25, 0.3) is 0 Å². The molecular formula is C17H28N2O2. The van der Waals surface area contributed by atoms with Crippen molar-refractivity contribution in [2.45, 2.75) is 52.6 Å². The second-order valence-corrected chi connectivity index (χ2v) is 5.19. The van der Waals surface area contributed by atoms with E-state index in [0.29, 0.717) is 0 Å². The van der Waals surface area contributed by atoms with Gasteiger partial charge in [0.2, 0.25) is 0 Å². The molecule has 21 heavy (non-hydrogen) atoms. The first-order valence-corrected chi connectivity index (χ1v) is 7.86. The number of hydrogen-bond donors (Lipinski definition) is 2. The van der Waals surface area contributed by atoms with Gasteiger partial charge in [-0.15, -0.1) is 0 Å². The Kier molecular flexibility index (Phi) is 7.83. The van der Waals surface area contributed by atoms with Crippen molar-refractivity contribution in [2.75, 3.05) is 13.2 Å². The van der Waals surface area contributed by atoms with Gasteiger partial charge in [-0.25, -0.2) is 0 Å². The van der Waals surface area contributed by atoms with Gasteiger partial charge in [-0.2, -0.15) is 0 Å². The van der Waals surface area contributed by atoms with E-state index in [-0.39, 0.29) is 24.6 Å². The molecule has 1 amide bonds. The maximum absolute atomic E-state index is 11.9. The molecule has 1 aromatic rings. The molecule has 0 fully saturated rings. The lowest BCUT2D eigenvalue weighted by atomic mass is 10.1. The lowest BCUT2D eigenvalue weighted by molar-refractivity contribution is -0.123. The van der Waals surface area contributed by atoms with E-state index in [4.69, 9.17) is 4.74 Å². The summed E-state index contributed by atoms with van der Waals surface area (Å²) in [6, 6.07) is 8.29. The minimum absolute atomic E-state index is 0.0605. The average Bonchev–Trinajstić information content (AvgIpc) is 2.51. The minimum Gasteiger partial charge on any atom is -0.483 e. The highest BCUT2D eigenvalue weighted by Crippen LogP contribution is 2.24. The molecule has 0 aromatic heterocycles. The van der Waals surface area contributed by atoms with Crippen LogP contribution >= 0.6 is 0 Å². The smallest absolute Gasteiger partial charge is 0.258 e. The third kappa shape index (κ3) is 5.76. The van der Waals surface area contributed by atoms with E-state index in [2.05, 4.69) is 38.3 Å². The van der Waals surface area contributed by atoms with Crippen molar-refractivity contribution >= 4 is 5.91 Å². The number of amides is 1. The van der Waals surface area contributed by atoms with Gasteiger partial charge in [0.1, 0.15) is 5.75 Å². The Morgan fingerprint density at radius 1 is 1.19 bits per heavy atom. The molecule has 4 heteroatoms. The Morgan fingerprint density at radius 3 is 2.48 bits per heavy atom. The van der Waals surface area contributed by atoms with E-state index in [1.165, 1.54) is 0 Å². The molecule has 0 saturated carbocycles. The largest absolute Gasteiger partial charge is 0.483 e. The van der Waals surface area contributed by atoms with Crippen LogP contribution in [0.2, 0.25) is 0 Å². The molecule has 1 atom stereocenters. The fourth-order valence-electron chi connectivity index (χ4n) is 2.29. The number of para-hydroxylation sites is 1. The summed E-state index contributed by atoms with van der Waals surface area (Å²) in [6.07, 6.45) is 1.88. The molecule has 0 spiro atoms. The summed E-state index contributed by atoms with van der Waals surface area (Å²) in [5, 5.41) is 6.34. The normalized spacial score (nSPS) is 12.2. The Labute approximate surface area is 128 Å². The summed E-state index contributed by atoms with van der Waals surface area (Å²) in [6.45, 7) is 9.27. The Morgan fingerprint density at radius 2 is 1.86 bits per heavy atom. The molecule has 0 bridgehead atoms. The van der Waals surface area contributed by atoms with Crippen LogP contribution < -0.4 is 15.4 Å².